The molecule has 3 rings (SSSR count). The van der Waals surface area contributed by atoms with Gasteiger partial charge < -0.3 is 0 Å². The second-order valence-electron chi connectivity index (χ2n) is 2.33. The van der Waals surface area contributed by atoms with Crippen molar-refractivity contribution >= 4 is 58.3 Å². The molecule has 0 unspecified atom stereocenters. The van der Waals surface area contributed by atoms with E-state index in [0.29, 0.717) is 29.0 Å². The SMILES string of the molecule is c1cc2sc3cc[se]c3c2[se]1. The zero-order valence-electron chi connectivity index (χ0n) is 5.53. The first kappa shape index (κ1) is 6.70. The Hall–Kier alpha value is 0.219. The summed E-state index contributed by atoms with van der Waals surface area (Å²) in [6, 6.07) is 4.59. The molecule has 0 N–H and O–H groups in total. The Morgan fingerprint density at radius 3 is 2.00 bits per heavy atom. The minimum absolute atomic E-state index is 0.660. The summed E-state index contributed by atoms with van der Waals surface area (Å²) in [4.78, 5) is 4.67. The fourth-order valence-electron chi connectivity index (χ4n) is 1.21. The third-order valence-corrected chi connectivity index (χ3v) is 7.95. The first-order chi connectivity index (χ1) is 5.45. The molecule has 3 aromatic heterocycles. The van der Waals surface area contributed by atoms with E-state index in [1.165, 1.54) is 0 Å². The van der Waals surface area contributed by atoms with Gasteiger partial charge in [-0.3, -0.25) is 0 Å². The van der Waals surface area contributed by atoms with Crippen molar-refractivity contribution in [2.75, 3.05) is 0 Å². The first-order valence-electron chi connectivity index (χ1n) is 3.28. The summed E-state index contributed by atoms with van der Waals surface area (Å²) in [6.45, 7) is 0. The molecule has 0 fully saturated rings. The summed E-state index contributed by atoms with van der Waals surface area (Å²) in [5, 5.41) is 0. The summed E-state index contributed by atoms with van der Waals surface area (Å²) in [6.07, 6.45) is 0. The predicted molar refractivity (Wildman–Crippen MR) is 53.2 cm³/mol. The molecule has 0 nitrogen and oxygen atoms in total. The Balaban J connectivity index is 2.75. The Morgan fingerprint density at radius 1 is 0.909 bits per heavy atom. The summed E-state index contributed by atoms with van der Waals surface area (Å²) in [5.74, 6) is 0. The van der Waals surface area contributed by atoms with E-state index in [0.717, 1.165) is 0 Å². The second kappa shape index (κ2) is 2.35. The van der Waals surface area contributed by atoms with E-state index in [4.69, 9.17) is 0 Å². The van der Waals surface area contributed by atoms with Gasteiger partial charge in [-0.05, 0) is 0 Å². The van der Waals surface area contributed by atoms with Gasteiger partial charge in [0.05, 0.1) is 0 Å². The molecule has 0 aromatic carbocycles. The number of hydrogen-bond donors (Lipinski definition) is 0. The molecule has 0 aliphatic heterocycles. The molecule has 0 saturated heterocycles. The van der Waals surface area contributed by atoms with Crippen molar-refractivity contribution in [1.82, 2.24) is 0 Å². The van der Waals surface area contributed by atoms with E-state index in [1.807, 2.05) is 11.3 Å². The Morgan fingerprint density at radius 2 is 1.45 bits per heavy atom. The molecule has 54 valence electrons. The summed E-state index contributed by atoms with van der Waals surface area (Å²) in [5.41, 5.74) is 0. The maximum absolute atomic E-state index is 2.34. The molecule has 0 radical (unpaired) electrons. The van der Waals surface area contributed by atoms with E-state index in [1.54, 1.807) is 17.9 Å². The molecule has 0 aliphatic rings. The van der Waals surface area contributed by atoms with E-state index in [9.17, 15) is 0 Å². The van der Waals surface area contributed by atoms with Crippen LogP contribution in [0.25, 0.3) is 17.9 Å². The van der Waals surface area contributed by atoms with Gasteiger partial charge in [0.25, 0.3) is 0 Å². The Kier molecular flexibility index (Phi) is 1.43. The molecular weight excluding hydrogens is 286 g/mol. The number of fused-ring (bicyclic) bond motifs is 3. The maximum atomic E-state index is 2.34. The zero-order chi connectivity index (χ0) is 7.26. The third-order valence-electron chi connectivity index (χ3n) is 1.68. The van der Waals surface area contributed by atoms with Crippen LogP contribution >= 0.6 is 11.3 Å². The van der Waals surface area contributed by atoms with Gasteiger partial charge in [0.1, 0.15) is 0 Å². The first-order valence-corrected chi connectivity index (χ1v) is 7.79. The van der Waals surface area contributed by atoms with Gasteiger partial charge in [-0.25, -0.2) is 0 Å². The van der Waals surface area contributed by atoms with Gasteiger partial charge in [-0.2, -0.15) is 0 Å². The van der Waals surface area contributed by atoms with Crippen molar-refractivity contribution in [3.05, 3.63) is 22.0 Å². The van der Waals surface area contributed by atoms with Crippen molar-refractivity contribution in [1.29, 1.82) is 0 Å². The fraction of sp³-hybridized carbons (Fsp3) is 0. The van der Waals surface area contributed by atoms with Crippen molar-refractivity contribution < 1.29 is 0 Å². The normalized spacial score (nSPS) is 11.6. The second-order valence-corrected chi connectivity index (χ2v) is 7.26. The molecule has 11 heavy (non-hydrogen) atoms. The van der Waals surface area contributed by atoms with Gasteiger partial charge in [0.15, 0.2) is 0 Å². The summed E-state index contributed by atoms with van der Waals surface area (Å²) < 4.78 is 6.45. The van der Waals surface area contributed by atoms with Crippen LogP contribution in [0, 0.1) is 0 Å². The fourth-order valence-corrected chi connectivity index (χ4v) is 7.97. The standard InChI is InChI=1S/C8H4SSe2/c1-3-10-7-5(1)9-6-2-4-11-8(6)7/h1-4H. The summed E-state index contributed by atoms with van der Waals surface area (Å²) >= 11 is 3.29. The van der Waals surface area contributed by atoms with Crippen molar-refractivity contribution in [3.63, 3.8) is 0 Å². The molecule has 0 aliphatic carbocycles. The van der Waals surface area contributed by atoms with Crippen LogP contribution in [0.3, 0.4) is 0 Å². The van der Waals surface area contributed by atoms with Crippen molar-refractivity contribution in [2.45, 2.75) is 0 Å². The van der Waals surface area contributed by atoms with Crippen LogP contribution in [0.5, 0.6) is 0 Å². The van der Waals surface area contributed by atoms with Gasteiger partial charge in [-0.1, -0.05) is 0 Å². The number of hydrogen-bond acceptors (Lipinski definition) is 1. The van der Waals surface area contributed by atoms with Crippen LogP contribution in [0.15, 0.2) is 22.0 Å². The molecular formula is C8H4SSe2. The van der Waals surface area contributed by atoms with Crippen LogP contribution in [-0.4, -0.2) is 29.0 Å². The average Bonchev–Trinajstić information content (AvgIpc) is 2.52. The van der Waals surface area contributed by atoms with Crippen LogP contribution in [0.2, 0.25) is 0 Å². The van der Waals surface area contributed by atoms with Gasteiger partial charge >= 0.3 is 80.3 Å². The van der Waals surface area contributed by atoms with E-state index in [2.05, 4.69) is 22.0 Å². The van der Waals surface area contributed by atoms with Crippen LogP contribution in [0.4, 0.5) is 0 Å². The van der Waals surface area contributed by atoms with E-state index >= 15 is 0 Å². The molecule has 0 spiro atoms. The average molecular weight is 290 g/mol. The molecule has 3 heteroatoms. The number of rotatable bonds is 0. The molecule has 0 saturated carbocycles. The zero-order valence-corrected chi connectivity index (χ0v) is 9.78. The predicted octanol–water partition coefficient (Wildman–Crippen LogP) is 2.17. The molecule has 0 bridgehead atoms. The molecule has 3 heterocycles. The van der Waals surface area contributed by atoms with Crippen LogP contribution < -0.4 is 0 Å². The van der Waals surface area contributed by atoms with E-state index in [-0.39, 0.29) is 0 Å². The molecule has 0 atom stereocenters. The van der Waals surface area contributed by atoms with E-state index < -0.39 is 0 Å². The third kappa shape index (κ3) is 0.867. The van der Waals surface area contributed by atoms with Crippen molar-refractivity contribution in [2.24, 2.45) is 0 Å². The van der Waals surface area contributed by atoms with Gasteiger partial charge in [0, 0.05) is 0 Å². The minimum atomic E-state index is 0.660. The van der Waals surface area contributed by atoms with Crippen LogP contribution in [-0.2, 0) is 0 Å². The Labute approximate surface area is 79.9 Å². The topological polar surface area (TPSA) is 0 Å². The molecule has 0 amide bonds. The molecule has 3 aromatic rings. The number of thiophene rings is 1. The van der Waals surface area contributed by atoms with Crippen LogP contribution in [0.1, 0.15) is 0 Å². The monoisotopic (exact) mass is 292 g/mol. The quantitative estimate of drug-likeness (QED) is 0.557. The summed E-state index contributed by atoms with van der Waals surface area (Å²) in [7, 11) is 0. The Bertz CT molecular complexity index is 455. The van der Waals surface area contributed by atoms with Gasteiger partial charge in [0.2, 0.25) is 0 Å². The van der Waals surface area contributed by atoms with Crippen molar-refractivity contribution in [3.8, 4) is 0 Å². The van der Waals surface area contributed by atoms with Gasteiger partial charge in [-0.15, -0.1) is 0 Å².